The number of amides is 1. The molecule has 0 bridgehead atoms. The fraction of sp³-hybridized carbons (Fsp3) is 0.857. The number of carbonyl (C=O) groups is 2. The average Bonchev–Trinajstić information content (AvgIpc) is 2.26. The van der Waals surface area contributed by atoms with Crippen LogP contribution >= 0.6 is 0 Å². The van der Waals surface area contributed by atoms with Gasteiger partial charge in [0.2, 0.25) is 0 Å². The number of rotatable bonds is 2. The Morgan fingerprint density at radius 3 is 2.11 bits per heavy atom. The number of hydrogen-bond acceptors (Lipinski definition) is 4. The van der Waals surface area contributed by atoms with Gasteiger partial charge in [-0.05, 0) is 47.5 Å². The van der Waals surface area contributed by atoms with Gasteiger partial charge in [-0.3, -0.25) is 4.79 Å². The second kappa shape index (κ2) is 6.26. The third kappa shape index (κ3) is 5.49. The number of ether oxygens (including phenoxy) is 2. The Bertz CT molecular complexity index is 325. The van der Waals surface area contributed by atoms with E-state index in [0.29, 0.717) is 25.9 Å². The maximum atomic E-state index is 11.9. The third-order valence-corrected chi connectivity index (χ3v) is 2.83. The quantitative estimate of drug-likeness (QED) is 0.724. The van der Waals surface area contributed by atoms with E-state index in [4.69, 9.17) is 9.47 Å². The van der Waals surface area contributed by atoms with E-state index in [1.165, 1.54) is 0 Å². The largest absolute Gasteiger partial charge is 0.463 e. The van der Waals surface area contributed by atoms with Crippen LogP contribution in [0.2, 0.25) is 0 Å². The first kappa shape index (κ1) is 15.8. The van der Waals surface area contributed by atoms with E-state index in [9.17, 15) is 9.59 Å². The molecule has 0 N–H and O–H groups in total. The van der Waals surface area contributed by atoms with E-state index in [1.54, 1.807) is 4.90 Å². The lowest BCUT2D eigenvalue weighted by atomic mass is 9.97. The zero-order valence-corrected chi connectivity index (χ0v) is 12.6. The van der Waals surface area contributed by atoms with Crippen LogP contribution in [0, 0.1) is 5.92 Å². The molecule has 0 atom stereocenters. The van der Waals surface area contributed by atoms with E-state index >= 15 is 0 Å². The third-order valence-electron chi connectivity index (χ3n) is 2.83. The summed E-state index contributed by atoms with van der Waals surface area (Å²) in [7, 11) is 0. The topological polar surface area (TPSA) is 55.8 Å². The summed E-state index contributed by atoms with van der Waals surface area (Å²) >= 11 is 0. The highest BCUT2D eigenvalue weighted by Gasteiger charge is 2.30. The molecule has 1 saturated heterocycles. The Labute approximate surface area is 115 Å². The fourth-order valence-electron chi connectivity index (χ4n) is 1.95. The predicted molar refractivity (Wildman–Crippen MR) is 71.8 cm³/mol. The Hall–Kier alpha value is -1.26. The van der Waals surface area contributed by atoms with Crippen molar-refractivity contribution >= 4 is 12.1 Å². The van der Waals surface area contributed by atoms with E-state index in [-0.39, 0.29) is 24.1 Å². The van der Waals surface area contributed by atoms with E-state index in [0.717, 1.165) is 0 Å². The molecule has 0 aromatic carbocycles. The van der Waals surface area contributed by atoms with Crippen molar-refractivity contribution in [3.05, 3.63) is 0 Å². The molecule has 1 aliphatic heterocycles. The second-order valence-electron chi connectivity index (χ2n) is 6.23. The van der Waals surface area contributed by atoms with Gasteiger partial charge < -0.3 is 14.4 Å². The lowest BCUT2D eigenvalue weighted by Gasteiger charge is -2.32. The van der Waals surface area contributed by atoms with Gasteiger partial charge in [-0.25, -0.2) is 4.79 Å². The Balaban J connectivity index is 2.40. The minimum absolute atomic E-state index is 0.0867. The highest BCUT2D eigenvalue weighted by atomic mass is 16.6. The van der Waals surface area contributed by atoms with Gasteiger partial charge in [0.05, 0.1) is 12.0 Å². The lowest BCUT2D eigenvalue weighted by Crippen LogP contribution is -2.43. The molecular weight excluding hydrogens is 246 g/mol. The predicted octanol–water partition coefficient (Wildman–Crippen LogP) is 2.59. The minimum Gasteiger partial charge on any atom is -0.463 e. The zero-order valence-electron chi connectivity index (χ0n) is 12.6. The fourth-order valence-corrected chi connectivity index (χ4v) is 1.95. The molecule has 1 aliphatic rings. The van der Waals surface area contributed by atoms with Crippen molar-refractivity contribution in [3.63, 3.8) is 0 Å². The van der Waals surface area contributed by atoms with E-state index < -0.39 is 5.60 Å². The van der Waals surface area contributed by atoms with Crippen molar-refractivity contribution in [2.45, 2.75) is 59.2 Å². The maximum Gasteiger partial charge on any atom is 0.410 e. The summed E-state index contributed by atoms with van der Waals surface area (Å²) < 4.78 is 10.5. The van der Waals surface area contributed by atoms with Crippen molar-refractivity contribution in [1.82, 2.24) is 4.90 Å². The van der Waals surface area contributed by atoms with Crippen LogP contribution in [0.15, 0.2) is 0 Å². The standard InChI is InChI=1S/C14H25NO4/c1-10(2)18-12(16)11-6-8-15(9-7-11)13(17)19-14(3,4)5/h10-11H,6-9H2,1-5H3. The molecular formula is C14H25NO4. The summed E-state index contributed by atoms with van der Waals surface area (Å²) in [4.78, 5) is 25.3. The van der Waals surface area contributed by atoms with E-state index in [2.05, 4.69) is 0 Å². The van der Waals surface area contributed by atoms with Crippen LogP contribution in [0.25, 0.3) is 0 Å². The molecule has 5 nitrogen and oxygen atoms in total. The van der Waals surface area contributed by atoms with Crippen LogP contribution in [0.3, 0.4) is 0 Å². The maximum absolute atomic E-state index is 11.9. The second-order valence-corrected chi connectivity index (χ2v) is 6.23. The van der Waals surface area contributed by atoms with Crippen LogP contribution in [0.1, 0.15) is 47.5 Å². The summed E-state index contributed by atoms with van der Waals surface area (Å²) in [5, 5.41) is 0. The van der Waals surface area contributed by atoms with Gasteiger partial charge in [0.25, 0.3) is 0 Å². The molecule has 1 heterocycles. The van der Waals surface area contributed by atoms with Gasteiger partial charge in [-0.2, -0.15) is 0 Å². The van der Waals surface area contributed by atoms with Gasteiger partial charge in [-0.15, -0.1) is 0 Å². The smallest absolute Gasteiger partial charge is 0.410 e. The number of esters is 1. The van der Waals surface area contributed by atoms with Gasteiger partial charge in [0.1, 0.15) is 5.60 Å². The highest BCUT2D eigenvalue weighted by molar-refractivity contribution is 5.73. The highest BCUT2D eigenvalue weighted by Crippen LogP contribution is 2.21. The Morgan fingerprint density at radius 2 is 1.68 bits per heavy atom. The molecule has 0 aromatic rings. The first-order valence-electron chi connectivity index (χ1n) is 6.87. The number of nitrogens with zero attached hydrogens (tertiary/aromatic N) is 1. The molecule has 5 heteroatoms. The van der Waals surface area contributed by atoms with Crippen LogP contribution < -0.4 is 0 Å². The SMILES string of the molecule is CC(C)OC(=O)C1CCN(C(=O)OC(C)(C)C)CC1. The summed E-state index contributed by atoms with van der Waals surface area (Å²) in [6.45, 7) is 10.3. The number of piperidine rings is 1. The van der Waals surface area contributed by atoms with Gasteiger partial charge in [0, 0.05) is 13.1 Å². The Morgan fingerprint density at radius 1 is 1.16 bits per heavy atom. The van der Waals surface area contributed by atoms with Crippen molar-refractivity contribution < 1.29 is 19.1 Å². The Kier molecular flexibility index (Phi) is 5.20. The molecule has 0 radical (unpaired) electrons. The van der Waals surface area contributed by atoms with Crippen molar-refractivity contribution in [1.29, 1.82) is 0 Å². The molecule has 0 unspecified atom stereocenters. The van der Waals surface area contributed by atoms with Crippen molar-refractivity contribution in [2.75, 3.05) is 13.1 Å². The normalized spacial score (nSPS) is 17.5. The van der Waals surface area contributed by atoms with Crippen molar-refractivity contribution in [3.8, 4) is 0 Å². The molecule has 1 rings (SSSR count). The molecule has 1 amide bonds. The number of hydrogen-bond donors (Lipinski definition) is 0. The molecule has 19 heavy (non-hydrogen) atoms. The summed E-state index contributed by atoms with van der Waals surface area (Å²) in [5.74, 6) is -0.250. The van der Waals surface area contributed by atoms with Crippen LogP contribution in [-0.2, 0) is 14.3 Å². The summed E-state index contributed by atoms with van der Waals surface area (Å²) in [5.41, 5.74) is -0.482. The lowest BCUT2D eigenvalue weighted by molar-refractivity contribution is -0.154. The number of carbonyl (C=O) groups excluding carboxylic acids is 2. The van der Waals surface area contributed by atoms with Crippen LogP contribution in [0.5, 0.6) is 0 Å². The molecule has 0 aromatic heterocycles. The van der Waals surface area contributed by atoms with E-state index in [1.807, 2.05) is 34.6 Å². The van der Waals surface area contributed by atoms with Gasteiger partial charge >= 0.3 is 12.1 Å². The van der Waals surface area contributed by atoms with Gasteiger partial charge in [-0.1, -0.05) is 0 Å². The molecule has 1 fully saturated rings. The average molecular weight is 271 g/mol. The monoisotopic (exact) mass is 271 g/mol. The van der Waals surface area contributed by atoms with Gasteiger partial charge in [0.15, 0.2) is 0 Å². The first-order valence-corrected chi connectivity index (χ1v) is 6.87. The first-order chi connectivity index (χ1) is 8.69. The molecule has 0 saturated carbocycles. The molecule has 110 valence electrons. The summed E-state index contributed by atoms with van der Waals surface area (Å²) in [6, 6.07) is 0. The van der Waals surface area contributed by atoms with Crippen molar-refractivity contribution in [2.24, 2.45) is 5.92 Å². The zero-order chi connectivity index (χ0) is 14.6. The van der Waals surface area contributed by atoms with Crippen LogP contribution in [-0.4, -0.2) is 41.8 Å². The number of likely N-dealkylation sites (tertiary alicyclic amines) is 1. The molecule has 0 spiro atoms. The molecule has 0 aliphatic carbocycles. The minimum atomic E-state index is -0.482. The summed E-state index contributed by atoms with van der Waals surface area (Å²) in [6.07, 6.45) is 0.898. The van der Waals surface area contributed by atoms with Crippen LogP contribution in [0.4, 0.5) is 4.79 Å².